The van der Waals surface area contributed by atoms with E-state index in [0.717, 1.165) is 18.9 Å². The van der Waals surface area contributed by atoms with Crippen molar-refractivity contribution >= 4 is 0 Å². The highest BCUT2D eigenvalue weighted by molar-refractivity contribution is 5.19. The summed E-state index contributed by atoms with van der Waals surface area (Å²) in [6.45, 7) is 0.431. The van der Waals surface area contributed by atoms with E-state index in [2.05, 4.69) is 5.32 Å². The zero-order valence-electron chi connectivity index (χ0n) is 8.92. The van der Waals surface area contributed by atoms with Gasteiger partial charge in [-0.2, -0.15) is 0 Å². The summed E-state index contributed by atoms with van der Waals surface area (Å²) in [5.74, 6) is -1.71. The van der Waals surface area contributed by atoms with Gasteiger partial charge in [0.15, 0.2) is 11.6 Å². The first kappa shape index (κ1) is 11.5. The van der Waals surface area contributed by atoms with Crippen molar-refractivity contribution in [2.45, 2.75) is 31.4 Å². The van der Waals surface area contributed by atoms with Crippen molar-refractivity contribution in [3.8, 4) is 0 Å². The van der Waals surface area contributed by atoms with Gasteiger partial charge >= 0.3 is 0 Å². The molecule has 1 atom stereocenters. The van der Waals surface area contributed by atoms with Crippen molar-refractivity contribution < 1.29 is 13.9 Å². The van der Waals surface area contributed by atoms with E-state index in [0.29, 0.717) is 12.6 Å². The lowest BCUT2D eigenvalue weighted by atomic mass is 10.1. The minimum atomic E-state index is -0.861. The predicted molar refractivity (Wildman–Crippen MR) is 57.1 cm³/mol. The summed E-state index contributed by atoms with van der Waals surface area (Å²) in [6.07, 6.45) is 1.75. The Labute approximate surface area is 93.3 Å². The van der Waals surface area contributed by atoms with E-state index in [1.54, 1.807) is 0 Å². The van der Waals surface area contributed by atoms with Crippen molar-refractivity contribution in [3.05, 3.63) is 35.4 Å². The van der Waals surface area contributed by atoms with E-state index in [9.17, 15) is 13.9 Å². The maximum absolute atomic E-state index is 13.3. The summed E-state index contributed by atoms with van der Waals surface area (Å²) in [7, 11) is 0. The second-order valence-corrected chi connectivity index (χ2v) is 4.25. The van der Waals surface area contributed by atoms with Crippen LogP contribution in [0.2, 0.25) is 0 Å². The van der Waals surface area contributed by atoms with E-state index in [1.807, 2.05) is 0 Å². The van der Waals surface area contributed by atoms with Crippen LogP contribution in [-0.2, 0) is 6.42 Å². The average molecular weight is 227 g/mol. The topological polar surface area (TPSA) is 32.3 Å². The number of hydrogen-bond acceptors (Lipinski definition) is 2. The molecule has 1 aliphatic carbocycles. The van der Waals surface area contributed by atoms with E-state index < -0.39 is 17.7 Å². The monoisotopic (exact) mass is 227 g/mol. The normalized spacial score (nSPS) is 17.4. The molecule has 0 aliphatic heterocycles. The van der Waals surface area contributed by atoms with Crippen molar-refractivity contribution in [2.75, 3.05) is 6.54 Å². The predicted octanol–water partition coefficient (Wildman–Crippen LogP) is 1.62. The molecule has 2 N–H and O–H groups in total. The maximum atomic E-state index is 13.3. The van der Waals surface area contributed by atoms with Crippen LogP contribution in [0.15, 0.2) is 18.2 Å². The van der Waals surface area contributed by atoms with Crippen LogP contribution in [0.25, 0.3) is 0 Å². The van der Waals surface area contributed by atoms with Crippen LogP contribution < -0.4 is 5.32 Å². The number of halogens is 2. The molecule has 0 heterocycles. The molecular formula is C12H15F2NO. The van der Waals surface area contributed by atoms with Gasteiger partial charge in [0.05, 0.1) is 6.10 Å². The molecule has 0 aromatic heterocycles. The van der Waals surface area contributed by atoms with Crippen LogP contribution in [-0.4, -0.2) is 23.8 Å². The summed E-state index contributed by atoms with van der Waals surface area (Å²) in [5.41, 5.74) is 0.227. The molecule has 2 rings (SSSR count). The third kappa shape index (κ3) is 3.00. The molecule has 0 saturated heterocycles. The molecule has 0 spiro atoms. The minimum absolute atomic E-state index is 0.142. The Bertz CT molecular complexity index is 366. The molecule has 88 valence electrons. The van der Waals surface area contributed by atoms with E-state index in [1.165, 1.54) is 12.1 Å². The summed E-state index contributed by atoms with van der Waals surface area (Å²) >= 11 is 0. The molecule has 1 unspecified atom stereocenters. The lowest BCUT2D eigenvalue weighted by molar-refractivity contribution is 0.170. The standard InChI is InChI=1S/C12H15F2NO/c13-11-3-1-2-8(12(11)14)6-10(16)7-15-9-4-5-9/h1-3,9-10,15-16H,4-7H2. The SMILES string of the molecule is OC(CNC1CC1)Cc1cccc(F)c1F. The molecule has 0 amide bonds. The van der Waals surface area contributed by atoms with Gasteiger partial charge in [-0.3, -0.25) is 0 Å². The molecule has 1 aromatic rings. The van der Waals surface area contributed by atoms with Gasteiger partial charge in [-0.1, -0.05) is 12.1 Å². The highest BCUT2D eigenvalue weighted by Gasteiger charge is 2.21. The highest BCUT2D eigenvalue weighted by atomic mass is 19.2. The smallest absolute Gasteiger partial charge is 0.162 e. The van der Waals surface area contributed by atoms with Crippen molar-refractivity contribution in [2.24, 2.45) is 0 Å². The van der Waals surface area contributed by atoms with Gasteiger partial charge in [0.25, 0.3) is 0 Å². The maximum Gasteiger partial charge on any atom is 0.162 e. The quantitative estimate of drug-likeness (QED) is 0.801. The van der Waals surface area contributed by atoms with Gasteiger partial charge in [0, 0.05) is 19.0 Å². The number of benzene rings is 1. The second-order valence-electron chi connectivity index (χ2n) is 4.25. The molecule has 0 bridgehead atoms. The number of aliphatic hydroxyl groups excluding tert-OH is 1. The third-order valence-corrected chi connectivity index (χ3v) is 2.71. The summed E-state index contributed by atoms with van der Waals surface area (Å²) in [4.78, 5) is 0. The molecule has 4 heteroatoms. The van der Waals surface area contributed by atoms with E-state index >= 15 is 0 Å². The number of rotatable bonds is 5. The van der Waals surface area contributed by atoms with Crippen LogP contribution in [0.4, 0.5) is 8.78 Å². The fourth-order valence-electron chi connectivity index (χ4n) is 1.62. The first-order chi connectivity index (χ1) is 7.66. The fourth-order valence-corrected chi connectivity index (χ4v) is 1.62. The zero-order valence-corrected chi connectivity index (χ0v) is 8.92. The van der Waals surface area contributed by atoms with Gasteiger partial charge in [-0.25, -0.2) is 8.78 Å². The first-order valence-electron chi connectivity index (χ1n) is 5.51. The first-order valence-corrected chi connectivity index (χ1v) is 5.51. The fraction of sp³-hybridized carbons (Fsp3) is 0.500. The van der Waals surface area contributed by atoms with Crippen molar-refractivity contribution in [1.29, 1.82) is 0 Å². The Morgan fingerprint density at radius 2 is 2.12 bits per heavy atom. The Balaban J connectivity index is 1.88. The lowest BCUT2D eigenvalue weighted by Crippen LogP contribution is -2.30. The van der Waals surface area contributed by atoms with Crippen molar-refractivity contribution in [1.82, 2.24) is 5.32 Å². The molecule has 0 radical (unpaired) electrons. The molecule has 1 aromatic carbocycles. The van der Waals surface area contributed by atoms with E-state index in [4.69, 9.17) is 0 Å². The van der Waals surface area contributed by atoms with Crippen molar-refractivity contribution in [3.63, 3.8) is 0 Å². The van der Waals surface area contributed by atoms with Crippen LogP contribution in [0, 0.1) is 11.6 Å². The largest absolute Gasteiger partial charge is 0.391 e. The number of nitrogens with one attached hydrogen (secondary N) is 1. The Hall–Kier alpha value is -1.00. The molecule has 1 aliphatic rings. The average Bonchev–Trinajstić information content (AvgIpc) is 3.06. The van der Waals surface area contributed by atoms with Gasteiger partial charge < -0.3 is 10.4 Å². The zero-order chi connectivity index (χ0) is 11.5. The Morgan fingerprint density at radius 3 is 2.81 bits per heavy atom. The molecule has 16 heavy (non-hydrogen) atoms. The molecule has 1 fully saturated rings. The van der Waals surface area contributed by atoms with Crippen LogP contribution >= 0.6 is 0 Å². The Kier molecular flexibility index (Phi) is 3.51. The van der Waals surface area contributed by atoms with Gasteiger partial charge in [-0.05, 0) is 24.5 Å². The summed E-state index contributed by atoms with van der Waals surface area (Å²) in [5, 5.41) is 12.8. The van der Waals surface area contributed by atoms with Gasteiger partial charge in [0.2, 0.25) is 0 Å². The lowest BCUT2D eigenvalue weighted by Gasteiger charge is -2.12. The van der Waals surface area contributed by atoms with Gasteiger partial charge in [0.1, 0.15) is 0 Å². The van der Waals surface area contributed by atoms with Crippen LogP contribution in [0.5, 0.6) is 0 Å². The molecule has 2 nitrogen and oxygen atoms in total. The van der Waals surface area contributed by atoms with Crippen LogP contribution in [0.1, 0.15) is 18.4 Å². The van der Waals surface area contributed by atoms with Gasteiger partial charge in [-0.15, -0.1) is 0 Å². The summed E-state index contributed by atoms with van der Waals surface area (Å²) in [6, 6.07) is 4.54. The minimum Gasteiger partial charge on any atom is -0.391 e. The third-order valence-electron chi connectivity index (χ3n) is 2.71. The Morgan fingerprint density at radius 1 is 1.38 bits per heavy atom. The number of aliphatic hydroxyl groups is 1. The molecular weight excluding hydrogens is 212 g/mol. The summed E-state index contributed by atoms with van der Waals surface area (Å²) < 4.78 is 26.1. The number of hydrogen-bond donors (Lipinski definition) is 2. The molecule has 1 saturated carbocycles. The van der Waals surface area contributed by atoms with Crippen LogP contribution in [0.3, 0.4) is 0 Å². The van der Waals surface area contributed by atoms with E-state index in [-0.39, 0.29) is 12.0 Å². The second kappa shape index (κ2) is 4.89. The highest BCUT2D eigenvalue weighted by Crippen LogP contribution is 2.19.